The van der Waals surface area contributed by atoms with E-state index in [1.54, 1.807) is 6.92 Å². The van der Waals surface area contributed by atoms with Crippen LogP contribution in [0.3, 0.4) is 0 Å². The van der Waals surface area contributed by atoms with Gasteiger partial charge in [0.25, 0.3) is 5.91 Å². The van der Waals surface area contributed by atoms with E-state index in [9.17, 15) is 14.0 Å². The smallest absolute Gasteiger partial charge is 0.344 e. The van der Waals surface area contributed by atoms with Crippen LogP contribution in [0.15, 0.2) is 36.9 Å². The molecule has 25 heavy (non-hydrogen) atoms. The number of amides is 1. The van der Waals surface area contributed by atoms with E-state index in [4.69, 9.17) is 16.3 Å². The second kappa shape index (κ2) is 7.94. The molecule has 0 aliphatic heterocycles. The van der Waals surface area contributed by atoms with Gasteiger partial charge in [0.15, 0.2) is 6.10 Å². The summed E-state index contributed by atoms with van der Waals surface area (Å²) in [6.45, 7) is 6.79. The number of rotatable bonds is 6. The van der Waals surface area contributed by atoms with Gasteiger partial charge < -0.3 is 10.1 Å². The van der Waals surface area contributed by atoms with Crippen LogP contribution < -0.4 is 5.32 Å². The van der Waals surface area contributed by atoms with E-state index in [1.807, 2.05) is 0 Å². The Bertz CT molecular complexity index is 802. The topological polar surface area (TPSA) is 73.2 Å². The number of nitrogens with one attached hydrogen (secondary N) is 1. The third kappa shape index (κ3) is 4.24. The first kappa shape index (κ1) is 18.7. The molecule has 1 aromatic carbocycles. The fourth-order valence-corrected chi connectivity index (χ4v) is 2.42. The van der Waals surface area contributed by atoms with Crippen molar-refractivity contribution in [1.82, 2.24) is 15.1 Å². The zero-order valence-corrected chi connectivity index (χ0v) is 14.5. The van der Waals surface area contributed by atoms with Crippen molar-refractivity contribution in [2.75, 3.05) is 6.54 Å². The highest BCUT2D eigenvalue weighted by molar-refractivity contribution is 6.33. The molecule has 132 valence electrons. The van der Waals surface area contributed by atoms with Crippen LogP contribution in [-0.4, -0.2) is 34.3 Å². The molecular weight excluding hydrogens is 349 g/mol. The molecule has 1 atom stereocenters. The Morgan fingerprint density at radius 2 is 2.08 bits per heavy atom. The maximum Gasteiger partial charge on any atom is 0.344 e. The zero-order valence-electron chi connectivity index (χ0n) is 13.8. The number of carbonyl (C=O) groups is 2. The Hall–Kier alpha value is -2.67. The summed E-state index contributed by atoms with van der Waals surface area (Å²) in [5.41, 5.74) is 0.873. The third-order valence-electron chi connectivity index (χ3n) is 3.35. The summed E-state index contributed by atoms with van der Waals surface area (Å²) in [6.07, 6.45) is 0.511. The molecule has 0 bridgehead atoms. The fourth-order valence-electron chi connectivity index (χ4n) is 2.07. The summed E-state index contributed by atoms with van der Waals surface area (Å²) in [4.78, 5) is 24.1. The molecule has 1 N–H and O–H groups in total. The van der Waals surface area contributed by atoms with E-state index < -0.39 is 23.8 Å². The number of benzene rings is 1. The molecule has 0 spiro atoms. The first-order valence-electron chi connectivity index (χ1n) is 7.45. The minimum absolute atomic E-state index is 0.0211. The first-order chi connectivity index (χ1) is 11.8. The highest BCUT2D eigenvalue weighted by Gasteiger charge is 2.26. The number of esters is 1. The molecule has 0 aliphatic carbocycles. The van der Waals surface area contributed by atoms with E-state index >= 15 is 0 Å². The molecule has 1 heterocycles. The summed E-state index contributed by atoms with van der Waals surface area (Å²) >= 11 is 6.24. The summed E-state index contributed by atoms with van der Waals surface area (Å²) in [5, 5.41) is 6.73. The molecule has 6 nitrogen and oxygen atoms in total. The van der Waals surface area contributed by atoms with Gasteiger partial charge in [0, 0.05) is 6.54 Å². The molecule has 0 radical (unpaired) electrons. The van der Waals surface area contributed by atoms with Crippen molar-refractivity contribution in [2.45, 2.75) is 20.0 Å². The molecule has 2 aromatic rings. The second-order valence-electron chi connectivity index (χ2n) is 5.22. The molecule has 0 saturated carbocycles. The Morgan fingerprint density at radius 1 is 1.44 bits per heavy atom. The maximum atomic E-state index is 13.0. The lowest BCUT2D eigenvalue weighted by Crippen LogP contribution is -2.35. The number of halogens is 2. The summed E-state index contributed by atoms with van der Waals surface area (Å²) in [7, 11) is 0. The van der Waals surface area contributed by atoms with E-state index in [0.29, 0.717) is 11.4 Å². The molecule has 0 aliphatic rings. The highest BCUT2D eigenvalue weighted by Crippen LogP contribution is 2.24. The zero-order chi connectivity index (χ0) is 18.6. The minimum atomic E-state index is -1.00. The Labute approximate surface area is 149 Å². The van der Waals surface area contributed by atoms with Crippen LogP contribution >= 0.6 is 11.6 Å². The summed E-state index contributed by atoms with van der Waals surface area (Å²) in [6, 6.07) is 5.47. The molecule has 0 saturated heterocycles. The average Bonchev–Trinajstić information content (AvgIpc) is 2.87. The molecule has 0 fully saturated rings. The predicted molar refractivity (Wildman–Crippen MR) is 91.4 cm³/mol. The van der Waals surface area contributed by atoms with E-state index in [0.717, 1.165) is 0 Å². The Balaban J connectivity index is 2.22. The Kier molecular flexibility index (Phi) is 5.93. The number of hydrogen-bond donors (Lipinski definition) is 1. The summed E-state index contributed by atoms with van der Waals surface area (Å²) in [5.74, 6) is -1.62. The molecule has 1 aromatic heterocycles. The first-order valence-corrected chi connectivity index (χ1v) is 7.83. The average molecular weight is 366 g/mol. The lowest BCUT2D eigenvalue weighted by Gasteiger charge is -2.12. The van der Waals surface area contributed by atoms with Crippen molar-refractivity contribution in [3.05, 3.63) is 59.1 Å². The van der Waals surface area contributed by atoms with Crippen molar-refractivity contribution in [2.24, 2.45) is 0 Å². The predicted octanol–water partition coefficient (Wildman–Crippen LogP) is 2.82. The van der Waals surface area contributed by atoms with Crippen molar-refractivity contribution in [1.29, 1.82) is 0 Å². The van der Waals surface area contributed by atoms with Crippen molar-refractivity contribution in [3.8, 4) is 5.69 Å². The molecule has 1 unspecified atom stereocenters. The lowest BCUT2D eigenvalue weighted by atomic mass is 10.2. The number of carbonyl (C=O) groups excluding carboxylic acids is 2. The van der Waals surface area contributed by atoms with Gasteiger partial charge in [-0.2, -0.15) is 5.10 Å². The van der Waals surface area contributed by atoms with Crippen molar-refractivity contribution >= 4 is 23.5 Å². The number of hydrogen-bond acceptors (Lipinski definition) is 4. The van der Waals surface area contributed by atoms with Crippen LogP contribution in [0.2, 0.25) is 5.15 Å². The van der Waals surface area contributed by atoms with E-state index in [-0.39, 0.29) is 17.3 Å². The highest BCUT2D eigenvalue weighted by atomic mass is 35.5. The number of ether oxygens (including phenoxy) is 1. The van der Waals surface area contributed by atoms with E-state index in [1.165, 1.54) is 41.9 Å². The van der Waals surface area contributed by atoms with Crippen molar-refractivity contribution in [3.63, 3.8) is 0 Å². The molecule has 8 heteroatoms. The Morgan fingerprint density at radius 3 is 2.68 bits per heavy atom. The van der Waals surface area contributed by atoms with Gasteiger partial charge in [0.05, 0.1) is 11.4 Å². The molecule has 2 rings (SSSR count). The quantitative estimate of drug-likeness (QED) is 0.631. The fraction of sp³-hybridized carbons (Fsp3) is 0.235. The monoisotopic (exact) mass is 365 g/mol. The SMILES string of the molecule is C=CCNC(=O)C(C)OC(=O)c1c(C)nn(-c2ccc(F)cc2)c1Cl. The standard InChI is InChI=1S/C17H17ClFN3O3/c1-4-9-20-16(23)11(3)25-17(24)14-10(2)21-22(15(14)18)13-7-5-12(19)6-8-13/h4-8,11H,1,9H2,2-3H3,(H,20,23). The van der Waals surface area contributed by atoms with Crippen molar-refractivity contribution < 1.29 is 18.7 Å². The van der Waals surface area contributed by atoms with Gasteiger partial charge in [-0.3, -0.25) is 4.79 Å². The van der Waals surface area contributed by atoms with Crippen LogP contribution in [0.25, 0.3) is 5.69 Å². The van der Waals surface area contributed by atoms with Gasteiger partial charge in [-0.25, -0.2) is 13.9 Å². The van der Waals surface area contributed by atoms with Gasteiger partial charge in [-0.05, 0) is 38.1 Å². The normalized spacial score (nSPS) is 11.7. The molecule has 1 amide bonds. The van der Waals surface area contributed by atoms with Crippen LogP contribution in [0, 0.1) is 12.7 Å². The van der Waals surface area contributed by atoms with Gasteiger partial charge in [0.2, 0.25) is 0 Å². The van der Waals surface area contributed by atoms with Crippen LogP contribution in [0.1, 0.15) is 23.0 Å². The third-order valence-corrected chi connectivity index (χ3v) is 3.70. The van der Waals surface area contributed by atoms with E-state index in [2.05, 4.69) is 17.0 Å². The van der Waals surface area contributed by atoms with Gasteiger partial charge >= 0.3 is 5.97 Å². The summed E-state index contributed by atoms with van der Waals surface area (Å²) < 4.78 is 19.5. The number of nitrogens with zero attached hydrogens (tertiary/aromatic N) is 2. The van der Waals surface area contributed by atoms with Gasteiger partial charge in [-0.1, -0.05) is 17.7 Å². The van der Waals surface area contributed by atoms with Gasteiger partial charge in [0.1, 0.15) is 16.5 Å². The van der Waals surface area contributed by atoms with Crippen LogP contribution in [0.5, 0.6) is 0 Å². The second-order valence-corrected chi connectivity index (χ2v) is 5.58. The number of aromatic nitrogens is 2. The molecular formula is C17H17ClFN3O3. The van der Waals surface area contributed by atoms with Crippen LogP contribution in [0.4, 0.5) is 4.39 Å². The largest absolute Gasteiger partial charge is 0.449 e. The lowest BCUT2D eigenvalue weighted by molar-refractivity contribution is -0.128. The van der Waals surface area contributed by atoms with Crippen LogP contribution in [-0.2, 0) is 9.53 Å². The number of aryl methyl sites for hydroxylation is 1. The maximum absolute atomic E-state index is 13.0. The van der Waals surface area contributed by atoms with Gasteiger partial charge in [-0.15, -0.1) is 6.58 Å². The minimum Gasteiger partial charge on any atom is -0.449 e.